The molecule has 0 aliphatic rings. The third kappa shape index (κ3) is 5.03. The summed E-state index contributed by atoms with van der Waals surface area (Å²) in [7, 11) is 0. The van der Waals surface area contributed by atoms with E-state index in [0.717, 1.165) is 11.4 Å². The summed E-state index contributed by atoms with van der Waals surface area (Å²) in [6.45, 7) is 0. The summed E-state index contributed by atoms with van der Waals surface area (Å²) >= 11 is 1.90. The molecule has 3 heterocycles. The molecule has 266 valence electrons. The average molecular weight is 743 g/mol. The maximum atomic E-state index is 2.48. The molecule has 0 N–H and O–H groups in total. The van der Waals surface area contributed by atoms with Gasteiger partial charge in [0.25, 0.3) is 0 Å². The molecule has 57 heavy (non-hydrogen) atoms. The van der Waals surface area contributed by atoms with E-state index in [1.807, 2.05) is 11.3 Å². The van der Waals surface area contributed by atoms with E-state index in [9.17, 15) is 0 Å². The number of fused-ring (bicyclic) bond motifs is 10. The molecule has 3 heteroatoms. The molecule has 0 saturated carbocycles. The first-order valence-corrected chi connectivity index (χ1v) is 20.3. The minimum Gasteiger partial charge on any atom is -0.309 e. The molecule has 2 nitrogen and oxygen atoms in total. The molecule has 12 rings (SSSR count). The van der Waals surface area contributed by atoms with E-state index in [0.29, 0.717) is 0 Å². The van der Waals surface area contributed by atoms with Gasteiger partial charge in [-0.1, -0.05) is 140 Å². The van der Waals surface area contributed by atoms with Crippen LogP contribution in [0.15, 0.2) is 206 Å². The second kappa shape index (κ2) is 12.7. The fourth-order valence-corrected chi connectivity index (χ4v) is 10.3. The Balaban J connectivity index is 1.08. The van der Waals surface area contributed by atoms with E-state index in [-0.39, 0.29) is 0 Å². The molecule has 0 unspecified atom stereocenters. The van der Waals surface area contributed by atoms with Gasteiger partial charge < -0.3 is 9.13 Å². The first kappa shape index (κ1) is 32.1. The van der Waals surface area contributed by atoms with Crippen LogP contribution in [0, 0.1) is 0 Å². The van der Waals surface area contributed by atoms with Crippen LogP contribution in [0.25, 0.3) is 109 Å². The number of hydrogen-bond acceptors (Lipinski definition) is 1. The molecule has 0 saturated heterocycles. The Hall–Kier alpha value is -7.20. The van der Waals surface area contributed by atoms with Gasteiger partial charge in [-0.3, -0.25) is 0 Å². The van der Waals surface area contributed by atoms with E-state index < -0.39 is 0 Å². The largest absolute Gasteiger partial charge is 0.309 e. The van der Waals surface area contributed by atoms with Crippen molar-refractivity contribution in [3.63, 3.8) is 0 Å². The molecule has 3 aromatic heterocycles. The third-order valence-electron chi connectivity index (χ3n) is 11.7. The third-order valence-corrected chi connectivity index (χ3v) is 12.9. The Morgan fingerprint density at radius 1 is 0.281 bits per heavy atom. The zero-order chi connectivity index (χ0) is 37.5. The van der Waals surface area contributed by atoms with Gasteiger partial charge in [-0.15, -0.1) is 11.3 Å². The van der Waals surface area contributed by atoms with Crippen molar-refractivity contribution < 1.29 is 0 Å². The molecule has 0 bridgehead atoms. The lowest BCUT2D eigenvalue weighted by Crippen LogP contribution is -1.97. The summed E-state index contributed by atoms with van der Waals surface area (Å²) in [5.74, 6) is 0. The topological polar surface area (TPSA) is 9.86 Å². The first-order valence-electron chi connectivity index (χ1n) is 19.5. The Labute approximate surface area is 333 Å². The second-order valence-electron chi connectivity index (χ2n) is 14.9. The molecule has 0 spiro atoms. The van der Waals surface area contributed by atoms with Gasteiger partial charge in [-0.25, -0.2) is 0 Å². The van der Waals surface area contributed by atoms with Crippen molar-refractivity contribution in [1.82, 2.24) is 9.13 Å². The van der Waals surface area contributed by atoms with E-state index in [4.69, 9.17) is 0 Å². The van der Waals surface area contributed by atoms with Gasteiger partial charge in [0.2, 0.25) is 0 Å². The highest BCUT2D eigenvalue weighted by Gasteiger charge is 2.20. The smallest absolute Gasteiger partial charge is 0.0562 e. The monoisotopic (exact) mass is 742 g/mol. The standard InChI is InChI=1S/C54H34N2S/c1-3-13-35(14-4-1)38-31-39(36-15-5-2-6-16-36)33-40(32-38)37-23-25-41(26-24-37)55-50-30-29-46-45-19-9-12-22-52(45)57-54(46)53(50)47-28-27-42(34-51(47)55)56-48-20-10-7-17-43(48)44-18-8-11-21-49(44)56/h1-34H. The fraction of sp³-hybridized carbons (Fsp3) is 0. The zero-order valence-corrected chi connectivity index (χ0v) is 31.7. The van der Waals surface area contributed by atoms with Crippen LogP contribution < -0.4 is 0 Å². The molecule has 0 atom stereocenters. The number of hydrogen-bond donors (Lipinski definition) is 0. The van der Waals surface area contributed by atoms with Crippen molar-refractivity contribution in [2.24, 2.45) is 0 Å². The van der Waals surface area contributed by atoms with Crippen molar-refractivity contribution in [3.8, 4) is 44.8 Å². The van der Waals surface area contributed by atoms with E-state index >= 15 is 0 Å². The van der Waals surface area contributed by atoms with Gasteiger partial charge in [-0.05, 0) is 100 Å². The van der Waals surface area contributed by atoms with Crippen LogP contribution in [0.1, 0.15) is 0 Å². The van der Waals surface area contributed by atoms with Crippen LogP contribution in [0.4, 0.5) is 0 Å². The first-order chi connectivity index (χ1) is 28.3. The number of aromatic nitrogens is 2. The maximum absolute atomic E-state index is 2.48. The SMILES string of the molecule is c1ccc(-c2cc(-c3ccccc3)cc(-c3ccc(-n4c5cc(-n6c7ccccc7c7ccccc76)ccc5c5c6sc7ccccc7c6ccc54)cc3)c2)cc1. The molecule has 0 radical (unpaired) electrons. The van der Waals surface area contributed by atoms with E-state index in [1.165, 1.54) is 97.2 Å². The van der Waals surface area contributed by atoms with Gasteiger partial charge in [0.15, 0.2) is 0 Å². The molecule has 9 aromatic carbocycles. The summed E-state index contributed by atoms with van der Waals surface area (Å²) < 4.78 is 7.56. The molecule has 12 aromatic rings. The summed E-state index contributed by atoms with van der Waals surface area (Å²) in [5, 5.41) is 7.74. The van der Waals surface area contributed by atoms with E-state index in [1.54, 1.807) is 0 Å². The van der Waals surface area contributed by atoms with Crippen LogP contribution in [-0.2, 0) is 0 Å². The number of rotatable bonds is 5. The van der Waals surface area contributed by atoms with Crippen LogP contribution in [0.5, 0.6) is 0 Å². The summed E-state index contributed by atoms with van der Waals surface area (Å²) in [6.07, 6.45) is 0. The van der Waals surface area contributed by atoms with Crippen LogP contribution in [0.3, 0.4) is 0 Å². The van der Waals surface area contributed by atoms with Gasteiger partial charge in [-0.2, -0.15) is 0 Å². The summed E-state index contributed by atoms with van der Waals surface area (Å²) in [4.78, 5) is 0. The minimum absolute atomic E-state index is 1.14. The zero-order valence-electron chi connectivity index (χ0n) is 30.9. The number of thiophene rings is 1. The van der Waals surface area contributed by atoms with Crippen molar-refractivity contribution in [3.05, 3.63) is 206 Å². The average Bonchev–Trinajstić information content (AvgIpc) is 3.94. The molecule has 0 fully saturated rings. The molecular formula is C54H34N2S. The summed E-state index contributed by atoms with van der Waals surface area (Å²) in [6, 6.07) is 75.6. The Bertz CT molecular complexity index is 3380. The quantitative estimate of drug-likeness (QED) is 0.166. The lowest BCUT2D eigenvalue weighted by Gasteiger charge is -2.13. The van der Waals surface area contributed by atoms with Crippen molar-refractivity contribution in [2.75, 3.05) is 0 Å². The van der Waals surface area contributed by atoms with Crippen molar-refractivity contribution >= 4 is 75.1 Å². The minimum atomic E-state index is 1.14. The van der Waals surface area contributed by atoms with Gasteiger partial charge in [0.1, 0.15) is 0 Å². The molecular weight excluding hydrogens is 709 g/mol. The van der Waals surface area contributed by atoms with Gasteiger partial charge >= 0.3 is 0 Å². The molecule has 0 amide bonds. The highest BCUT2D eigenvalue weighted by Crippen LogP contribution is 2.44. The van der Waals surface area contributed by atoms with E-state index in [2.05, 4.69) is 215 Å². The number of para-hydroxylation sites is 2. The number of nitrogens with zero attached hydrogens (tertiary/aromatic N) is 2. The number of benzene rings is 9. The van der Waals surface area contributed by atoms with Crippen LogP contribution in [0.2, 0.25) is 0 Å². The molecule has 0 aliphatic heterocycles. The lowest BCUT2D eigenvalue weighted by molar-refractivity contribution is 1.15. The van der Waals surface area contributed by atoms with Crippen molar-refractivity contribution in [2.45, 2.75) is 0 Å². The Morgan fingerprint density at radius 3 is 1.40 bits per heavy atom. The highest BCUT2D eigenvalue weighted by molar-refractivity contribution is 7.26. The fourth-order valence-electron chi connectivity index (χ4n) is 9.08. The normalized spacial score (nSPS) is 11.9. The van der Waals surface area contributed by atoms with Gasteiger partial charge in [0.05, 0.1) is 22.1 Å². The predicted molar refractivity (Wildman–Crippen MR) is 244 cm³/mol. The Morgan fingerprint density at radius 2 is 0.772 bits per heavy atom. The van der Waals surface area contributed by atoms with Crippen LogP contribution >= 0.6 is 11.3 Å². The molecule has 0 aliphatic carbocycles. The highest BCUT2D eigenvalue weighted by atomic mass is 32.1. The van der Waals surface area contributed by atoms with Gasteiger partial charge in [0, 0.05) is 53.1 Å². The van der Waals surface area contributed by atoms with Crippen molar-refractivity contribution in [1.29, 1.82) is 0 Å². The second-order valence-corrected chi connectivity index (χ2v) is 16.0. The Kier molecular flexibility index (Phi) is 7.13. The lowest BCUT2D eigenvalue weighted by atomic mass is 9.93. The summed E-state index contributed by atoms with van der Waals surface area (Å²) in [5.41, 5.74) is 14.4. The predicted octanol–water partition coefficient (Wildman–Crippen LogP) is 15.2. The van der Waals surface area contributed by atoms with Crippen LogP contribution in [-0.4, -0.2) is 9.13 Å². The maximum Gasteiger partial charge on any atom is 0.0562 e.